The van der Waals surface area contributed by atoms with Crippen molar-refractivity contribution < 1.29 is 0 Å². The van der Waals surface area contributed by atoms with Crippen LogP contribution in [0.5, 0.6) is 0 Å². The molecule has 2 aromatic rings. The Morgan fingerprint density at radius 3 is 2.43 bits per heavy atom. The zero-order chi connectivity index (χ0) is 15.2. The molecular formula is C18H26N2S. The van der Waals surface area contributed by atoms with Gasteiger partial charge in [-0.25, -0.2) is 4.98 Å². The van der Waals surface area contributed by atoms with E-state index in [9.17, 15) is 0 Å². The minimum atomic E-state index is 0.376. The van der Waals surface area contributed by atoms with Gasteiger partial charge in [0, 0.05) is 17.1 Å². The zero-order valence-corrected chi connectivity index (χ0v) is 14.3. The van der Waals surface area contributed by atoms with Gasteiger partial charge in [-0.05, 0) is 43.4 Å². The Kier molecular flexibility index (Phi) is 5.95. The molecule has 1 N–H and O–H groups in total. The van der Waals surface area contributed by atoms with Crippen LogP contribution in [0, 0.1) is 6.92 Å². The maximum atomic E-state index is 4.40. The highest BCUT2D eigenvalue weighted by Gasteiger charge is 2.14. The van der Waals surface area contributed by atoms with E-state index in [2.05, 4.69) is 62.3 Å². The number of aromatic nitrogens is 1. The zero-order valence-electron chi connectivity index (χ0n) is 13.5. The molecule has 1 aromatic heterocycles. The highest BCUT2D eigenvalue weighted by Crippen LogP contribution is 2.25. The summed E-state index contributed by atoms with van der Waals surface area (Å²) in [6, 6.07) is 9.43. The fourth-order valence-corrected chi connectivity index (χ4v) is 3.27. The van der Waals surface area contributed by atoms with Crippen molar-refractivity contribution >= 4 is 11.3 Å². The molecule has 0 saturated carbocycles. The van der Waals surface area contributed by atoms with E-state index in [4.69, 9.17) is 0 Å². The molecule has 0 radical (unpaired) electrons. The van der Waals surface area contributed by atoms with Crippen LogP contribution in [-0.4, -0.2) is 11.5 Å². The SMILES string of the molecule is CCCNC(Cc1ccc(C(C)C)cc1)c1cnc(C)s1. The first-order chi connectivity index (χ1) is 10.1. The molecule has 1 aromatic carbocycles. The molecule has 21 heavy (non-hydrogen) atoms. The van der Waals surface area contributed by atoms with Gasteiger partial charge in [0.15, 0.2) is 0 Å². The summed E-state index contributed by atoms with van der Waals surface area (Å²) in [5, 5.41) is 4.80. The summed E-state index contributed by atoms with van der Waals surface area (Å²) in [7, 11) is 0. The fraction of sp³-hybridized carbons (Fsp3) is 0.500. The van der Waals surface area contributed by atoms with Gasteiger partial charge >= 0.3 is 0 Å². The second kappa shape index (κ2) is 7.71. The van der Waals surface area contributed by atoms with Crippen molar-refractivity contribution in [2.75, 3.05) is 6.54 Å². The normalized spacial score (nSPS) is 12.8. The molecule has 3 heteroatoms. The first-order valence-corrected chi connectivity index (χ1v) is 8.66. The average Bonchev–Trinajstić information content (AvgIpc) is 2.90. The lowest BCUT2D eigenvalue weighted by Crippen LogP contribution is -2.23. The van der Waals surface area contributed by atoms with Crippen LogP contribution in [0.4, 0.5) is 0 Å². The van der Waals surface area contributed by atoms with Crippen LogP contribution in [-0.2, 0) is 6.42 Å². The third-order valence-corrected chi connectivity index (χ3v) is 4.74. The third-order valence-electron chi connectivity index (χ3n) is 3.71. The van der Waals surface area contributed by atoms with E-state index in [1.807, 2.05) is 6.20 Å². The van der Waals surface area contributed by atoms with Crippen LogP contribution in [0.3, 0.4) is 0 Å². The van der Waals surface area contributed by atoms with Crippen molar-refractivity contribution in [2.24, 2.45) is 0 Å². The maximum Gasteiger partial charge on any atom is 0.0897 e. The minimum Gasteiger partial charge on any atom is -0.309 e. The quantitative estimate of drug-likeness (QED) is 0.790. The summed E-state index contributed by atoms with van der Waals surface area (Å²) in [6.07, 6.45) is 4.20. The Bertz CT molecular complexity index is 543. The van der Waals surface area contributed by atoms with Crippen LogP contribution >= 0.6 is 11.3 Å². The number of nitrogens with zero attached hydrogens (tertiary/aromatic N) is 1. The van der Waals surface area contributed by atoms with Crippen molar-refractivity contribution in [3.8, 4) is 0 Å². The fourth-order valence-electron chi connectivity index (χ4n) is 2.41. The van der Waals surface area contributed by atoms with Crippen LogP contribution < -0.4 is 5.32 Å². The lowest BCUT2D eigenvalue weighted by atomic mass is 9.99. The predicted octanol–water partition coefficient (Wildman–Crippen LogP) is 4.86. The van der Waals surface area contributed by atoms with Crippen molar-refractivity contribution in [1.29, 1.82) is 0 Å². The Morgan fingerprint density at radius 1 is 1.19 bits per heavy atom. The van der Waals surface area contributed by atoms with Gasteiger partial charge in [0.05, 0.1) is 5.01 Å². The molecule has 0 fully saturated rings. The van der Waals surface area contributed by atoms with Crippen LogP contribution in [0.1, 0.15) is 60.2 Å². The summed E-state index contributed by atoms with van der Waals surface area (Å²) >= 11 is 1.80. The Hall–Kier alpha value is -1.19. The van der Waals surface area contributed by atoms with Gasteiger partial charge in [-0.1, -0.05) is 45.0 Å². The van der Waals surface area contributed by atoms with Gasteiger partial charge < -0.3 is 5.32 Å². The van der Waals surface area contributed by atoms with Crippen molar-refractivity contribution in [3.63, 3.8) is 0 Å². The van der Waals surface area contributed by atoms with Crippen molar-refractivity contribution in [2.45, 2.75) is 52.5 Å². The smallest absolute Gasteiger partial charge is 0.0897 e. The largest absolute Gasteiger partial charge is 0.309 e. The lowest BCUT2D eigenvalue weighted by Gasteiger charge is -2.17. The van der Waals surface area contributed by atoms with E-state index in [1.165, 1.54) is 16.0 Å². The summed E-state index contributed by atoms with van der Waals surface area (Å²) in [5.41, 5.74) is 2.80. The van der Waals surface area contributed by atoms with Crippen LogP contribution in [0.25, 0.3) is 0 Å². The summed E-state index contributed by atoms with van der Waals surface area (Å²) in [6.45, 7) is 9.80. The Labute approximate surface area is 132 Å². The van der Waals surface area contributed by atoms with E-state index in [1.54, 1.807) is 11.3 Å². The van der Waals surface area contributed by atoms with Gasteiger partial charge in [-0.15, -0.1) is 11.3 Å². The standard InChI is InChI=1S/C18H26N2S/c1-5-10-19-17(18-12-20-14(4)21-18)11-15-6-8-16(9-7-15)13(2)3/h6-9,12-13,17,19H,5,10-11H2,1-4H3. The molecule has 0 bridgehead atoms. The molecule has 2 nitrogen and oxygen atoms in total. The number of aryl methyl sites for hydroxylation is 1. The second-order valence-corrected chi connectivity index (χ2v) is 7.16. The summed E-state index contributed by atoms with van der Waals surface area (Å²) in [5.74, 6) is 0.595. The average molecular weight is 302 g/mol. The molecule has 0 aliphatic rings. The summed E-state index contributed by atoms with van der Waals surface area (Å²) < 4.78 is 0. The molecule has 1 unspecified atom stereocenters. The highest BCUT2D eigenvalue weighted by molar-refractivity contribution is 7.11. The van der Waals surface area contributed by atoms with E-state index < -0.39 is 0 Å². The molecule has 0 amide bonds. The van der Waals surface area contributed by atoms with Gasteiger partial charge in [0.25, 0.3) is 0 Å². The van der Waals surface area contributed by atoms with E-state index in [-0.39, 0.29) is 0 Å². The van der Waals surface area contributed by atoms with E-state index >= 15 is 0 Å². The number of rotatable bonds is 7. The number of thiazole rings is 1. The van der Waals surface area contributed by atoms with Crippen molar-refractivity contribution in [3.05, 3.63) is 51.5 Å². The number of hydrogen-bond donors (Lipinski definition) is 1. The molecule has 1 heterocycles. The molecule has 0 aliphatic carbocycles. The van der Waals surface area contributed by atoms with E-state index in [0.29, 0.717) is 12.0 Å². The number of benzene rings is 1. The molecule has 1 atom stereocenters. The topological polar surface area (TPSA) is 24.9 Å². The monoisotopic (exact) mass is 302 g/mol. The van der Waals surface area contributed by atoms with Gasteiger partial charge in [-0.3, -0.25) is 0 Å². The van der Waals surface area contributed by atoms with Gasteiger partial charge in [0.1, 0.15) is 0 Å². The number of nitrogens with one attached hydrogen (secondary N) is 1. The van der Waals surface area contributed by atoms with Gasteiger partial charge in [0.2, 0.25) is 0 Å². The lowest BCUT2D eigenvalue weighted by molar-refractivity contribution is 0.536. The maximum absolute atomic E-state index is 4.40. The Morgan fingerprint density at radius 2 is 1.90 bits per heavy atom. The van der Waals surface area contributed by atoms with Crippen LogP contribution in [0.2, 0.25) is 0 Å². The molecule has 0 saturated heterocycles. The van der Waals surface area contributed by atoms with E-state index in [0.717, 1.165) is 24.4 Å². The molecule has 114 valence electrons. The third kappa shape index (κ3) is 4.65. The predicted molar refractivity (Wildman–Crippen MR) is 92.1 cm³/mol. The minimum absolute atomic E-state index is 0.376. The van der Waals surface area contributed by atoms with Crippen LogP contribution in [0.15, 0.2) is 30.5 Å². The van der Waals surface area contributed by atoms with Crippen molar-refractivity contribution in [1.82, 2.24) is 10.3 Å². The number of hydrogen-bond acceptors (Lipinski definition) is 3. The first kappa shape index (κ1) is 16.2. The second-order valence-electron chi connectivity index (χ2n) is 5.89. The molecule has 0 aliphatic heterocycles. The summed E-state index contributed by atoms with van der Waals surface area (Å²) in [4.78, 5) is 5.74. The highest BCUT2D eigenvalue weighted by atomic mass is 32.1. The van der Waals surface area contributed by atoms with Gasteiger partial charge in [-0.2, -0.15) is 0 Å². The molecule has 0 spiro atoms. The Balaban J connectivity index is 2.10. The first-order valence-electron chi connectivity index (χ1n) is 7.84. The molecular weight excluding hydrogens is 276 g/mol. The molecule has 2 rings (SSSR count).